The van der Waals surface area contributed by atoms with Crippen LogP contribution in [-0.4, -0.2) is 15.1 Å². The highest BCUT2D eigenvalue weighted by molar-refractivity contribution is 5.15. The number of hydrogen-bond donors (Lipinski definition) is 1. The van der Waals surface area contributed by atoms with Crippen molar-refractivity contribution in [2.45, 2.75) is 38.7 Å². The van der Waals surface area contributed by atoms with Gasteiger partial charge < -0.3 is 5.11 Å². The molecule has 3 heteroatoms. The van der Waals surface area contributed by atoms with Gasteiger partial charge in [-0.05, 0) is 31.1 Å². The van der Waals surface area contributed by atoms with Crippen molar-refractivity contribution in [3.8, 4) is 0 Å². The lowest BCUT2D eigenvalue weighted by Crippen LogP contribution is -2.35. The van der Waals surface area contributed by atoms with Crippen LogP contribution in [0.4, 0.5) is 0 Å². The van der Waals surface area contributed by atoms with Gasteiger partial charge in [0.05, 0.1) is 5.60 Å². The second kappa shape index (κ2) is 3.89. The zero-order chi connectivity index (χ0) is 10.9. The Morgan fingerprint density at radius 2 is 1.93 bits per heavy atom. The molecule has 1 fully saturated rings. The molecule has 0 amide bonds. The first-order valence-electron chi connectivity index (χ1n) is 5.60. The molecule has 82 valence electrons. The zero-order valence-electron chi connectivity index (χ0n) is 9.35. The molecule has 1 aromatic rings. The molecular weight excluding hydrogens is 188 g/mol. The van der Waals surface area contributed by atoms with Crippen molar-refractivity contribution in [1.82, 2.24) is 9.97 Å². The zero-order valence-corrected chi connectivity index (χ0v) is 9.35. The van der Waals surface area contributed by atoms with E-state index in [0.29, 0.717) is 11.8 Å². The van der Waals surface area contributed by atoms with E-state index < -0.39 is 5.60 Å². The summed E-state index contributed by atoms with van der Waals surface area (Å²) in [6, 6.07) is 0. The Morgan fingerprint density at radius 1 is 1.27 bits per heavy atom. The van der Waals surface area contributed by atoms with Crippen LogP contribution in [0.1, 0.15) is 38.7 Å². The smallest absolute Gasteiger partial charge is 0.115 e. The highest BCUT2D eigenvalue weighted by Gasteiger charge is 2.37. The number of rotatable bonds is 1. The summed E-state index contributed by atoms with van der Waals surface area (Å²) in [5.74, 6) is 1.26. The van der Waals surface area contributed by atoms with E-state index in [9.17, 15) is 5.11 Å². The van der Waals surface area contributed by atoms with Crippen molar-refractivity contribution in [2.24, 2.45) is 11.8 Å². The maximum atomic E-state index is 10.6. The molecule has 0 aliphatic heterocycles. The van der Waals surface area contributed by atoms with Crippen LogP contribution in [0.3, 0.4) is 0 Å². The standard InChI is InChI=1S/C12H18N2O/c1-9-3-4-12(15,5-10(9)2)11-6-13-8-14-7-11/h6-10,15H,3-5H2,1-2H3. The molecule has 2 rings (SSSR count). The molecule has 1 aromatic heterocycles. The summed E-state index contributed by atoms with van der Waals surface area (Å²) >= 11 is 0. The van der Waals surface area contributed by atoms with Crippen LogP contribution < -0.4 is 0 Å². The molecule has 1 aliphatic rings. The van der Waals surface area contributed by atoms with Crippen LogP contribution in [0.15, 0.2) is 18.7 Å². The minimum absolute atomic E-state index is 0.559. The lowest BCUT2D eigenvalue weighted by molar-refractivity contribution is -0.0341. The van der Waals surface area contributed by atoms with Crippen LogP contribution in [0.5, 0.6) is 0 Å². The Balaban J connectivity index is 2.21. The molecule has 1 heterocycles. The van der Waals surface area contributed by atoms with Gasteiger partial charge in [-0.3, -0.25) is 0 Å². The van der Waals surface area contributed by atoms with E-state index in [1.165, 1.54) is 6.33 Å². The summed E-state index contributed by atoms with van der Waals surface area (Å²) < 4.78 is 0. The molecule has 1 N–H and O–H groups in total. The highest BCUT2D eigenvalue weighted by Crippen LogP contribution is 2.41. The van der Waals surface area contributed by atoms with Crippen molar-refractivity contribution in [1.29, 1.82) is 0 Å². The average molecular weight is 206 g/mol. The summed E-state index contributed by atoms with van der Waals surface area (Å²) in [6.45, 7) is 4.46. The first-order valence-corrected chi connectivity index (χ1v) is 5.60. The lowest BCUT2D eigenvalue weighted by Gasteiger charge is -2.38. The fourth-order valence-electron chi connectivity index (χ4n) is 2.39. The summed E-state index contributed by atoms with van der Waals surface area (Å²) in [4.78, 5) is 7.96. The summed E-state index contributed by atoms with van der Waals surface area (Å²) in [7, 11) is 0. The molecule has 3 nitrogen and oxygen atoms in total. The van der Waals surface area contributed by atoms with E-state index in [2.05, 4.69) is 23.8 Å². The number of aromatic nitrogens is 2. The SMILES string of the molecule is CC1CCC(O)(c2cncnc2)CC1C. The average Bonchev–Trinajstić information content (AvgIpc) is 2.26. The summed E-state index contributed by atoms with van der Waals surface area (Å²) in [6.07, 6.45) is 7.69. The van der Waals surface area contributed by atoms with Gasteiger partial charge in [-0.15, -0.1) is 0 Å². The molecule has 3 unspecified atom stereocenters. The molecule has 0 bridgehead atoms. The summed E-state index contributed by atoms with van der Waals surface area (Å²) in [5.41, 5.74) is 0.163. The van der Waals surface area contributed by atoms with E-state index in [-0.39, 0.29) is 0 Å². The third kappa shape index (κ3) is 2.02. The fraction of sp³-hybridized carbons (Fsp3) is 0.667. The van der Waals surface area contributed by atoms with Gasteiger partial charge in [-0.1, -0.05) is 13.8 Å². The second-order valence-electron chi connectivity index (χ2n) is 4.86. The maximum absolute atomic E-state index is 10.6. The highest BCUT2D eigenvalue weighted by atomic mass is 16.3. The van der Waals surface area contributed by atoms with Gasteiger partial charge in [0, 0.05) is 18.0 Å². The van der Waals surface area contributed by atoms with Crippen LogP contribution >= 0.6 is 0 Å². The molecule has 0 spiro atoms. The van der Waals surface area contributed by atoms with Crippen LogP contribution in [-0.2, 0) is 5.60 Å². The van der Waals surface area contributed by atoms with Crippen molar-refractivity contribution >= 4 is 0 Å². The molecule has 0 saturated heterocycles. The monoisotopic (exact) mass is 206 g/mol. The third-order valence-corrected chi connectivity index (χ3v) is 3.74. The van der Waals surface area contributed by atoms with Crippen LogP contribution in [0, 0.1) is 11.8 Å². The van der Waals surface area contributed by atoms with Gasteiger partial charge in [0.15, 0.2) is 0 Å². The van der Waals surface area contributed by atoms with Gasteiger partial charge in [0.1, 0.15) is 6.33 Å². The number of aliphatic hydroxyl groups is 1. The van der Waals surface area contributed by atoms with Gasteiger partial charge in [0.2, 0.25) is 0 Å². The molecule has 3 atom stereocenters. The third-order valence-electron chi connectivity index (χ3n) is 3.74. The molecule has 15 heavy (non-hydrogen) atoms. The number of hydrogen-bond acceptors (Lipinski definition) is 3. The fourth-order valence-corrected chi connectivity index (χ4v) is 2.39. The van der Waals surface area contributed by atoms with Crippen molar-refractivity contribution < 1.29 is 5.11 Å². The molecule has 0 aromatic carbocycles. The Morgan fingerprint density at radius 3 is 2.53 bits per heavy atom. The first-order chi connectivity index (χ1) is 7.12. The molecule has 1 saturated carbocycles. The minimum atomic E-state index is -0.701. The topological polar surface area (TPSA) is 46.0 Å². The normalized spacial score (nSPS) is 36.5. The Bertz CT molecular complexity index is 328. The predicted octanol–water partition coefficient (Wildman–Crippen LogP) is 2.12. The van der Waals surface area contributed by atoms with Crippen LogP contribution in [0.25, 0.3) is 0 Å². The maximum Gasteiger partial charge on any atom is 0.115 e. The lowest BCUT2D eigenvalue weighted by atomic mass is 9.71. The van der Waals surface area contributed by atoms with Crippen LogP contribution in [0.2, 0.25) is 0 Å². The van der Waals surface area contributed by atoms with E-state index in [4.69, 9.17) is 0 Å². The first kappa shape index (κ1) is 10.6. The largest absolute Gasteiger partial charge is 0.385 e. The van der Waals surface area contributed by atoms with Gasteiger partial charge in [-0.25, -0.2) is 9.97 Å². The predicted molar refractivity (Wildman–Crippen MR) is 58.1 cm³/mol. The Kier molecular flexibility index (Phi) is 2.74. The van der Waals surface area contributed by atoms with E-state index in [1.54, 1.807) is 12.4 Å². The molecular formula is C12H18N2O. The Hall–Kier alpha value is -0.960. The second-order valence-corrected chi connectivity index (χ2v) is 4.86. The number of nitrogens with zero attached hydrogens (tertiary/aromatic N) is 2. The minimum Gasteiger partial charge on any atom is -0.385 e. The van der Waals surface area contributed by atoms with Crippen molar-refractivity contribution in [3.05, 3.63) is 24.3 Å². The summed E-state index contributed by atoms with van der Waals surface area (Å²) in [5, 5.41) is 10.6. The van der Waals surface area contributed by atoms with E-state index in [0.717, 1.165) is 24.8 Å². The van der Waals surface area contributed by atoms with Crippen molar-refractivity contribution in [3.63, 3.8) is 0 Å². The van der Waals surface area contributed by atoms with E-state index >= 15 is 0 Å². The van der Waals surface area contributed by atoms with Gasteiger partial charge >= 0.3 is 0 Å². The molecule has 0 radical (unpaired) electrons. The molecule has 1 aliphatic carbocycles. The van der Waals surface area contributed by atoms with Crippen molar-refractivity contribution in [2.75, 3.05) is 0 Å². The Labute approximate surface area is 90.6 Å². The van der Waals surface area contributed by atoms with Gasteiger partial charge in [0.25, 0.3) is 0 Å². The van der Waals surface area contributed by atoms with Gasteiger partial charge in [-0.2, -0.15) is 0 Å². The quantitative estimate of drug-likeness (QED) is 0.765. The van der Waals surface area contributed by atoms with E-state index in [1.807, 2.05) is 0 Å².